The molecule has 2 rings (SSSR count). The molecular formula is C15H24N2O. The van der Waals surface area contributed by atoms with Crippen LogP contribution in [0.2, 0.25) is 0 Å². The Morgan fingerprint density at radius 1 is 1.17 bits per heavy atom. The third-order valence-electron chi connectivity index (χ3n) is 3.96. The second-order valence-electron chi connectivity index (χ2n) is 5.33. The van der Waals surface area contributed by atoms with E-state index in [1.807, 2.05) is 12.1 Å². The summed E-state index contributed by atoms with van der Waals surface area (Å²) >= 11 is 0. The zero-order valence-corrected chi connectivity index (χ0v) is 11.4. The van der Waals surface area contributed by atoms with Gasteiger partial charge in [0.25, 0.3) is 0 Å². The average Bonchev–Trinajstić information content (AvgIpc) is 2.40. The number of rotatable bonds is 4. The molecule has 1 fully saturated rings. The molecule has 1 aromatic rings. The van der Waals surface area contributed by atoms with Crippen molar-refractivity contribution in [2.24, 2.45) is 5.73 Å². The van der Waals surface area contributed by atoms with Gasteiger partial charge < -0.3 is 10.5 Å². The van der Waals surface area contributed by atoms with Crippen molar-refractivity contribution >= 4 is 0 Å². The van der Waals surface area contributed by atoms with Crippen LogP contribution in [0.4, 0.5) is 0 Å². The normalized spacial score (nSPS) is 24.2. The number of methoxy groups -OCH3 is 1. The molecule has 3 heteroatoms. The molecular weight excluding hydrogens is 224 g/mol. The van der Waals surface area contributed by atoms with Crippen molar-refractivity contribution in [3.63, 3.8) is 0 Å². The SMILES string of the molecule is COc1ccc(CN(C)C2CCC(N)CC2)cc1. The summed E-state index contributed by atoms with van der Waals surface area (Å²) in [5, 5.41) is 0. The molecule has 0 heterocycles. The fourth-order valence-corrected chi connectivity index (χ4v) is 2.69. The van der Waals surface area contributed by atoms with Crippen molar-refractivity contribution in [1.82, 2.24) is 4.90 Å². The lowest BCUT2D eigenvalue weighted by molar-refractivity contribution is 0.176. The minimum atomic E-state index is 0.427. The molecule has 1 saturated carbocycles. The van der Waals surface area contributed by atoms with Crippen LogP contribution >= 0.6 is 0 Å². The van der Waals surface area contributed by atoms with Gasteiger partial charge in [0.1, 0.15) is 5.75 Å². The van der Waals surface area contributed by atoms with E-state index >= 15 is 0 Å². The Labute approximate surface area is 110 Å². The molecule has 18 heavy (non-hydrogen) atoms. The molecule has 100 valence electrons. The van der Waals surface area contributed by atoms with Crippen LogP contribution in [-0.2, 0) is 6.54 Å². The molecule has 0 radical (unpaired) electrons. The lowest BCUT2D eigenvalue weighted by Crippen LogP contribution is -2.38. The molecule has 3 nitrogen and oxygen atoms in total. The third-order valence-corrected chi connectivity index (χ3v) is 3.96. The fourth-order valence-electron chi connectivity index (χ4n) is 2.69. The smallest absolute Gasteiger partial charge is 0.118 e. The van der Waals surface area contributed by atoms with E-state index in [1.165, 1.54) is 18.4 Å². The minimum Gasteiger partial charge on any atom is -0.497 e. The number of ether oxygens (including phenoxy) is 1. The van der Waals surface area contributed by atoms with Crippen LogP contribution in [0, 0.1) is 0 Å². The van der Waals surface area contributed by atoms with Gasteiger partial charge in [-0.2, -0.15) is 0 Å². The minimum absolute atomic E-state index is 0.427. The topological polar surface area (TPSA) is 38.5 Å². The second kappa shape index (κ2) is 6.21. The predicted octanol–water partition coefficient (Wildman–Crippen LogP) is 2.40. The fraction of sp³-hybridized carbons (Fsp3) is 0.600. The van der Waals surface area contributed by atoms with E-state index in [4.69, 9.17) is 10.5 Å². The Morgan fingerprint density at radius 3 is 2.33 bits per heavy atom. The molecule has 1 aliphatic carbocycles. The average molecular weight is 248 g/mol. The predicted molar refractivity (Wildman–Crippen MR) is 74.7 cm³/mol. The van der Waals surface area contributed by atoms with Crippen molar-refractivity contribution < 1.29 is 4.74 Å². The standard InChI is InChI=1S/C15H24N2O/c1-17(14-7-5-13(16)6-8-14)11-12-3-9-15(18-2)10-4-12/h3-4,9-10,13-14H,5-8,11,16H2,1-2H3. The summed E-state index contributed by atoms with van der Waals surface area (Å²) in [6.45, 7) is 1.00. The first-order valence-corrected chi connectivity index (χ1v) is 6.78. The van der Waals surface area contributed by atoms with E-state index in [2.05, 4.69) is 24.1 Å². The highest BCUT2D eigenvalue weighted by Crippen LogP contribution is 2.22. The van der Waals surface area contributed by atoms with Gasteiger partial charge in [0.2, 0.25) is 0 Å². The Kier molecular flexibility index (Phi) is 4.61. The highest BCUT2D eigenvalue weighted by molar-refractivity contribution is 5.27. The highest BCUT2D eigenvalue weighted by atomic mass is 16.5. The van der Waals surface area contributed by atoms with Crippen LogP contribution in [0.3, 0.4) is 0 Å². The van der Waals surface area contributed by atoms with Crippen molar-refractivity contribution in [2.75, 3.05) is 14.2 Å². The molecule has 1 aliphatic rings. The summed E-state index contributed by atoms with van der Waals surface area (Å²) < 4.78 is 5.17. The molecule has 0 aliphatic heterocycles. The Bertz CT molecular complexity index is 355. The Hall–Kier alpha value is -1.06. The monoisotopic (exact) mass is 248 g/mol. The van der Waals surface area contributed by atoms with Crippen LogP contribution in [0.1, 0.15) is 31.2 Å². The van der Waals surface area contributed by atoms with E-state index in [0.717, 1.165) is 25.1 Å². The first-order chi connectivity index (χ1) is 8.69. The van der Waals surface area contributed by atoms with Gasteiger partial charge in [0.15, 0.2) is 0 Å². The largest absolute Gasteiger partial charge is 0.497 e. The molecule has 0 unspecified atom stereocenters. The van der Waals surface area contributed by atoms with Gasteiger partial charge in [-0.05, 0) is 50.4 Å². The van der Waals surface area contributed by atoms with Gasteiger partial charge in [-0.3, -0.25) is 4.90 Å². The summed E-state index contributed by atoms with van der Waals surface area (Å²) in [6.07, 6.45) is 4.79. The first kappa shape index (κ1) is 13.4. The molecule has 1 aromatic carbocycles. The molecule has 0 spiro atoms. The number of nitrogens with two attached hydrogens (primary N) is 1. The van der Waals surface area contributed by atoms with Gasteiger partial charge in [0.05, 0.1) is 7.11 Å². The van der Waals surface area contributed by atoms with Crippen molar-refractivity contribution in [3.8, 4) is 5.75 Å². The molecule has 0 amide bonds. The summed E-state index contributed by atoms with van der Waals surface area (Å²) in [5.74, 6) is 0.921. The maximum atomic E-state index is 5.95. The van der Waals surface area contributed by atoms with Gasteiger partial charge in [-0.25, -0.2) is 0 Å². The van der Waals surface area contributed by atoms with Crippen molar-refractivity contribution in [3.05, 3.63) is 29.8 Å². The van der Waals surface area contributed by atoms with Crippen LogP contribution in [0.25, 0.3) is 0 Å². The Balaban J connectivity index is 1.87. The number of hydrogen-bond donors (Lipinski definition) is 1. The zero-order chi connectivity index (χ0) is 13.0. The van der Waals surface area contributed by atoms with E-state index < -0.39 is 0 Å². The zero-order valence-electron chi connectivity index (χ0n) is 11.4. The summed E-state index contributed by atoms with van der Waals surface area (Å²) in [4.78, 5) is 2.45. The highest BCUT2D eigenvalue weighted by Gasteiger charge is 2.21. The first-order valence-electron chi connectivity index (χ1n) is 6.78. The summed E-state index contributed by atoms with van der Waals surface area (Å²) in [7, 11) is 3.91. The molecule has 0 atom stereocenters. The summed E-state index contributed by atoms with van der Waals surface area (Å²) in [5.41, 5.74) is 7.29. The van der Waals surface area contributed by atoms with Crippen LogP contribution in [0.15, 0.2) is 24.3 Å². The van der Waals surface area contributed by atoms with Crippen LogP contribution < -0.4 is 10.5 Å². The number of nitrogens with zero attached hydrogens (tertiary/aromatic N) is 1. The van der Waals surface area contributed by atoms with Crippen molar-refractivity contribution in [1.29, 1.82) is 0 Å². The second-order valence-corrected chi connectivity index (χ2v) is 5.33. The van der Waals surface area contributed by atoms with Gasteiger partial charge in [-0.15, -0.1) is 0 Å². The number of benzene rings is 1. The molecule has 0 saturated heterocycles. The maximum absolute atomic E-state index is 5.95. The van der Waals surface area contributed by atoms with Gasteiger partial charge in [0, 0.05) is 18.6 Å². The van der Waals surface area contributed by atoms with E-state index in [0.29, 0.717) is 12.1 Å². The summed E-state index contributed by atoms with van der Waals surface area (Å²) in [6, 6.07) is 9.45. The van der Waals surface area contributed by atoms with E-state index in [9.17, 15) is 0 Å². The lowest BCUT2D eigenvalue weighted by Gasteiger charge is -2.33. The lowest BCUT2D eigenvalue weighted by atomic mass is 9.91. The third kappa shape index (κ3) is 3.47. The van der Waals surface area contributed by atoms with Crippen LogP contribution in [-0.4, -0.2) is 31.1 Å². The van der Waals surface area contributed by atoms with Crippen molar-refractivity contribution in [2.45, 2.75) is 44.3 Å². The number of hydrogen-bond acceptors (Lipinski definition) is 3. The molecule has 2 N–H and O–H groups in total. The quantitative estimate of drug-likeness (QED) is 0.889. The van der Waals surface area contributed by atoms with Gasteiger partial charge >= 0.3 is 0 Å². The molecule has 0 bridgehead atoms. The Morgan fingerprint density at radius 2 is 1.78 bits per heavy atom. The van der Waals surface area contributed by atoms with E-state index in [1.54, 1.807) is 7.11 Å². The van der Waals surface area contributed by atoms with Gasteiger partial charge in [-0.1, -0.05) is 12.1 Å². The van der Waals surface area contributed by atoms with Crippen LogP contribution in [0.5, 0.6) is 5.75 Å². The maximum Gasteiger partial charge on any atom is 0.118 e. The van der Waals surface area contributed by atoms with E-state index in [-0.39, 0.29) is 0 Å². The molecule has 0 aromatic heterocycles.